The molecule has 0 saturated carbocycles. The highest BCUT2D eigenvalue weighted by atomic mass is 19.1. The molecule has 0 N–H and O–H groups in total. The minimum absolute atomic E-state index is 0.0327. The highest BCUT2D eigenvalue weighted by Crippen LogP contribution is 2.28. The van der Waals surface area contributed by atoms with Crippen molar-refractivity contribution in [3.05, 3.63) is 95.8 Å². The molecule has 4 rings (SSSR count). The maximum absolute atomic E-state index is 13.3. The van der Waals surface area contributed by atoms with Crippen LogP contribution in [0.15, 0.2) is 73.1 Å². The van der Waals surface area contributed by atoms with Crippen LogP contribution >= 0.6 is 0 Å². The summed E-state index contributed by atoms with van der Waals surface area (Å²) in [6.45, 7) is 0.0327. The molecule has 6 nitrogen and oxygen atoms in total. The molecule has 0 bridgehead atoms. The molecule has 1 atom stereocenters. The molecule has 1 fully saturated rings. The van der Waals surface area contributed by atoms with E-state index < -0.39 is 35.4 Å². The van der Waals surface area contributed by atoms with E-state index in [1.165, 1.54) is 29.2 Å². The molecule has 3 aromatic rings. The number of imide groups is 1. The van der Waals surface area contributed by atoms with Crippen LogP contribution in [0.5, 0.6) is 0 Å². The minimum Gasteiger partial charge on any atom is -0.322 e. The standard InChI is InChI=1S/C23H17F2N3O3/c24-17-5-3-16(4-6-17)22(30)27(14-15-2-1-11-26-13-15)20-12-21(29)28(23(20)31)19-9-7-18(25)8-10-19/h1-11,13,20H,12,14H2. The summed E-state index contributed by atoms with van der Waals surface area (Å²) in [5.74, 6) is -2.59. The van der Waals surface area contributed by atoms with E-state index in [9.17, 15) is 23.2 Å². The van der Waals surface area contributed by atoms with Crippen molar-refractivity contribution >= 4 is 23.4 Å². The van der Waals surface area contributed by atoms with Gasteiger partial charge in [-0.25, -0.2) is 13.7 Å². The molecule has 1 unspecified atom stereocenters. The van der Waals surface area contributed by atoms with Gasteiger partial charge in [0.05, 0.1) is 12.1 Å². The summed E-state index contributed by atoms with van der Waals surface area (Å²) in [5.41, 5.74) is 1.08. The van der Waals surface area contributed by atoms with Crippen LogP contribution in [0.1, 0.15) is 22.3 Å². The molecule has 1 saturated heterocycles. The smallest absolute Gasteiger partial charge is 0.257 e. The molecule has 0 spiro atoms. The number of anilines is 1. The van der Waals surface area contributed by atoms with Gasteiger partial charge in [-0.1, -0.05) is 6.07 Å². The average molecular weight is 421 g/mol. The van der Waals surface area contributed by atoms with E-state index in [1.54, 1.807) is 24.5 Å². The summed E-state index contributed by atoms with van der Waals surface area (Å²) in [6.07, 6.45) is 2.92. The Morgan fingerprint density at radius 3 is 2.26 bits per heavy atom. The molecule has 1 aliphatic rings. The van der Waals surface area contributed by atoms with Gasteiger partial charge < -0.3 is 4.90 Å². The predicted octanol–water partition coefficient (Wildman–Crippen LogP) is 3.33. The van der Waals surface area contributed by atoms with Crippen molar-refractivity contribution in [3.63, 3.8) is 0 Å². The number of nitrogens with zero attached hydrogens (tertiary/aromatic N) is 3. The first-order valence-corrected chi connectivity index (χ1v) is 9.52. The summed E-state index contributed by atoms with van der Waals surface area (Å²) < 4.78 is 26.6. The number of rotatable bonds is 5. The number of hydrogen-bond acceptors (Lipinski definition) is 4. The van der Waals surface area contributed by atoms with Gasteiger partial charge in [0.2, 0.25) is 5.91 Å². The normalized spacial score (nSPS) is 15.9. The average Bonchev–Trinajstić information content (AvgIpc) is 3.07. The van der Waals surface area contributed by atoms with E-state index in [0.717, 1.165) is 29.2 Å². The Hall–Kier alpha value is -3.94. The fourth-order valence-electron chi connectivity index (χ4n) is 3.49. The number of carbonyl (C=O) groups excluding carboxylic acids is 3. The maximum Gasteiger partial charge on any atom is 0.257 e. The summed E-state index contributed by atoms with van der Waals surface area (Å²) in [7, 11) is 0. The van der Waals surface area contributed by atoms with Crippen molar-refractivity contribution in [2.75, 3.05) is 4.90 Å². The lowest BCUT2D eigenvalue weighted by Crippen LogP contribution is -2.45. The molecular formula is C23H17F2N3O3. The topological polar surface area (TPSA) is 70.6 Å². The van der Waals surface area contributed by atoms with Crippen molar-refractivity contribution in [1.82, 2.24) is 9.88 Å². The second-order valence-corrected chi connectivity index (χ2v) is 7.06. The third-order valence-electron chi connectivity index (χ3n) is 5.01. The van der Waals surface area contributed by atoms with Gasteiger partial charge in [0.1, 0.15) is 17.7 Å². The summed E-state index contributed by atoms with van der Waals surface area (Å²) in [5, 5.41) is 0. The summed E-state index contributed by atoms with van der Waals surface area (Å²) >= 11 is 0. The first kappa shape index (κ1) is 20.3. The van der Waals surface area contributed by atoms with E-state index >= 15 is 0 Å². The highest BCUT2D eigenvalue weighted by molar-refractivity contribution is 6.23. The van der Waals surface area contributed by atoms with Crippen LogP contribution in [0, 0.1) is 11.6 Å². The molecule has 2 heterocycles. The molecule has 156 valence electrons. The zero-order valence-corrected chi connectivity index (χ0v) is 16.2. The van der Waals surface area contributed by atoms with Crippen LogP contribution in [0.25, 0.3) is 0 Å². The highest BCUT2D eigenvalue weighted by Gasteiger charge is 2.44. The fourth-order valence-corrected chi connectivity index (χ4v) is 3.49. The lowest BCUT2D eigenvalue weighted by atomic mass is 10.1. The Balaban J connectivity index is 1.68. The van der Waals surface area contributed by atoms with Crippen LogP contribution in [-0.2, 0) is 16.1 Å². The van der Waals surface area contributed by atoms with Crippen molar-refractivity contribution < 1.29 is 23.2 Å². The maximum atomic E-state index is 13.3. The van der Waals surface area contributed by atoms with Gasteiger partial charge in [0.15, 0.2) is 0 Å². The molecule has 8 heteroatoms. The van der Waals surface area contributed by atoms with Gasteiger partial charge >= 0.3 is 0 Å². The molecule has 31 heavy (non-hydrogen) atoms. The van der Waals surface area contributed by atoms with Gasteiger partial charge in [0, 0.05) is 24.5 Å². The van der Waals surface area contributed by atoms with E-state index in [0.29, 0.717) is 5.56 Å². The summed E-state index contributed by atoms with van der Waals surface area (Å²) in [4.78, 5) is 45.3. The van der Waals surface area contributed by atoms with Crippen LogP contribution < -0.4 is 4.90 Å². The van der Waals surface area contributed by atoms with Crippen molar-refractivity contribution in [1.29, 1.82) is 0 Å². The fraction of sp³-hybridized carbons (Fsp3) is 0.130. The zero-order chi connectivity index (χ0) is 22.0. The van der Waals surface area contributed by atoms with E-state index in [4.69, 9.17) is 0 Å². The van der Waals surface area contributed by atoms with Crippen molar-refractivity contribution in [2.24, 2.45) is 0 Å². The molecule has 3 amide bonds. The Bertz CT molecular complexity index is 1120. The van der Waals surface area contributed by atoms with Gasteiger partial charge in [-0.15, -0.1) is 0 Å². The molecule has 0 aliphatic carbocycles. The lowest BCUT2D eigenvalue weighted by molar-refractivity contribution is -0.122. The van der Waals surface area contributed by atoms with Crippen LogP contribution in [0.3, 0.4) is 0 Å². The summed E-state index contributed by atoms with van der Waals surface area (Å²) in [6, 6.07) is 12.3. The Morgan fingerprint density at radius 2 is 1.65 bits per heavy atom. The largest absolute Gasteiger partial charge is 0.322 e. The van der Waals surface area contributed by atoms with E-state index in [2.05, 4.69) is 4.98 Å². The zero-order valence-electron chi connectivity index (χ0n) is 16.2. The number of carbonyl (C=O) groups is 3. The third-order valence-corrected chi connectivity index (χ3v) is 5.01. The Labute approximate surface area is 176 Å². The number of halogens is 2. The first-order chi connectivity index (χ1) is 14.9. The van der Waals surface area contributed by atoms with Gasteiger partial charge in [0.25, 0.3) is 11.8 Å². The third kappa shape index (κ3) is 4.18. The lowest BCUT2D eigenvalue weighted by Gasteiger charge is -2.28. The van der Waals surface area contributed by atoms with Crippen LogP contribution in [-0.4, -0.2) is 33.6 Å². The number of benzene rings is 2. The second kappa shape index (κ2) is 8.43. The second-order valence-electron chi connectivity index (χ2n) is 7.06. The molecule has 0 radical (unpaired) electrons. The number of aromatic nitrogens is 1. The van der Waals surface area contributed by atoms with Gasteiger partial charge in [-0.05, 0) is 60.2 Å². The monoisotopic (exact) mass is 421 g/mol. The van der Waals surface area contributed by atoms with Crippen molar-refractivity contribution in [2.45, 2.75) is 19.0 Å². The van der Waals surface area contributed by atoms with Crippen LogP contribution in [0.4, 0.5) is 14.5 Å². The Kier molecular flexibility index (Phi) is 5.53. The molecular weight excluding hydrogens is 404 g/mol. The first-order valence-electron chi connectivity index (χ1n) is 9.52. The number of hydrogen-bond donors (Lipinski definition) is 0. The predicted molar refractivity (Wildman–Crippen MR) is 108 cm³/mol. The quantitative estimate of drug-likeness (QED) is 0.593. The van der Waals surface area contributed by atoms with Gasteiger partial charge in [-0.2, -0.15) is 0 Å². The Morgan fingerprint density at radius 1 is 1.00 bits per heavy atom. The minimum atomic E-state index is -1.06. The van der Waals surface area contributed by atoms with E-state index in [1.807, 2.05) is 0 Å². The number of pyridine rings is 1. The molecule has 2 aromatic carbocycles. The molecule has 1 aliphatic heterocycles. The van der Waals surface area contributed by atoms with E-state index in [-0.39, 0.29) is 24.2 Å². The van der Waals surface area contributed by atoms with Gasteiger partial charge in [-0.3, -0.25) is 19.4 Å². The SMILES string of the molecule is O=C1CC(N(Cc2cccnc2)C(=O)c2ccc(F)cc2)C(=O)N1c1ccc(F)cc1. The van der Waals surface area contributed by atoms with Crippen molar-refractivity contribution in [3.8, 4) is 0 Å². The number of amides is 3. The van der Waals surface area contributed by atoms with Crippen LogP contribution in [0.2, 0.25) is 0 Å². The molecule has 1 aromatic heterocycles.